The number of ether oxygens (including phenoxy) is 1. The normalized spacial score (nSPS) is 13.8. The second kappa shape index (κ2) is 12.0. The van der Waals surface area contributed by atoms with Crippen molar-refractivity contribution >= 4 is 12.1 Å². The molecular weight excluding hydrogens is 597 g/mol. The molecule has 0 atom stereocenters. The van der Waals surface area contributed by atoms with Crippen LogP contribution < -0.4 is 4.74 Å². The Labute approximate surface area is 286 Å². The van der Waals surface area contributed by atoms with E-state index in [-0.39, 0.29) is 0 Å². The van der Waals surface area contributed by atoms with Gasteiger partial charge in [0, 0.05) is 22.9 Å². The van der Waals surface area contributed by atoms with Gasteiger partial charge in [-0.3, -0.25) is 4.99 Å². The highest BCUT2D eigenvalue weighted by Gasteiger charge is 2.50. The molecule has 49 heavy (non-hydrogen) atoms. The summed E-state index contributed by atoms with van der Waals surface area (Å²) in [6, 6.07) is 61.9. The fraction of sp³-hybridized carbons (Fsp3) is 0.0435. The summed E-state index contributed by atoms with van der Waals surface area (Å²) in [6.45, 7) is 0.552. The molecule has 7 aromatic carbocycles. The van der Waals surface area contributed by atoms with Gasteiger partial charge in [-0.25, -0.2) is 4.99 Å². The van der Waals surface area contributed by atoms with Gasteiger partial charge in [-0.05, 0) is 68.8 Å². The smallest absolute Gasteiger partial charge is 0.154 e. The average molecular weight is 629 g/mol. The van der Waals surface area contributed by atoms with Gasteiger partial charge in [0.25, 0.3) is 0 Å². The molecule has 0 N–H and O–H groups in total. The molecule has 2 aliphatic rings. The first-order valence-corrected chi connectivity index (χ1v) is 16.7. The fourth-order valence-corrected chi connectivity index (χ4v) is 7.51. The molecule has 0 aromatic heterocycles. The van der Waals surface area contributed by atoms with Crippen molar-refractivity contribution in [1.82, 2.24) is 0 Å². The van der Waals surface area contributed by atoms with Crippen molar-refractivity contribution in [3.63, 3.8) is 0 Å². The summed E-state index contributed by atoms with van der Waals surface area (Å²) in [6.07, 6.45) is 1.89. The van der Waals surface area contributed by atoms with Crippen LogP contribution in [0.5, 0.6) is 11.5 Å². The van der Waals surface area contributed by atoms with E-state index >= 15 is 0 Å². The van der Waals surface area contributed by atoms with Crippen LogP contribution in [0.4, 0.5) is 0 Å². The predicted octanol–water partition coefficient (Wildman–Crippen LogP) is 10.9. The minimum Gasteiger partial charge on any atom is -0.457 e. The minimum atomic E-state index is -0.471. The topological polar surface area (TPSA) is 34.0 Å². The average Bonchev–Trinajstić information content (AvgIpc) is 3.46. The Bertz CT molecular complexity index is 2350. The molecule has 0 saturated carbocycles. The molecule has 0 radical (unpaired) electrons. The van der Waals surface area contributed by atoms with E-state index in [0.717, 1.165) is 39.3 Å². The zero-order chi connectivity index (χ0) is 32.6. The predicted molar refractivity (Wildman–Crippen MR) is 200 cm³/mol. The van der Waals surface area contributed by atoms with E-state index in [9.17, 15) is 0 Å². The van der Waals surface area contributed by atoms with Crippen LogP contribution in [0.3, 0.4) is 0 Å². The number of rotatable bonds is 5. The summed E-state index contributed by atoms with van der Waals surface area (Å²) >= 11 is 0. The van der Waals surface area contributed by atoms with Gasteiger partial charge >= 0.3 is 0 Å². The van der Waals surface area contributed by atoms with E-state index in [4.69, 9.17) is 14.7 Å². The van der Waals surface area contributed by atoms with Gasteiger partial charge in [0.05, 0.1) is 12.0 Å². The number of benzene rings is 7. The van der Waals surface area contributed by atoms with E-state index in [1.54, 1.807) is 0 Å². The first-order valence-electron chi connectivity index (χ1n) is 16.7. The molecule has 0 fully saturated rings. The number of aliphatic imine (C=N–C) groups is 2. The molecular formula is C46H32N2O. The summed E-state index contributed by atoms with van der Waals surface area (Å²) in [5.41, 5.74) is 12.3. The van der Waals surface area contributed by atoms with Crippen molar-refractivity contribution in [2.24, 2.45) is 9.98 Å². The highest BCUT2D eigenvalue weighted by molar-refractivity contribution is 6.06. The summed E-state index contributed by atoms with van der Waals surface area (Å²) < 4.78 is 6.50. The summed E-state index contributed by atoms with van der Waals surface area (Å²) in [7, 11) is 0. The third kappa shape index (κ3) is 4.90. The van der Waals surface area contributed by atoms with Crippen LogP contribution in [-0.4, -0.2) is 12.1 Å². The van der Waals surface area contributed by atoms with Gasteiger partial charge in [-0.2, -0.15) is 0 Å². The lowest BCUT2D eigenvalue weighted by atomic mass is 9.66. The number of para-hydroxylation sites is 2. The summed E-state index contributed by atoms with van der Waals surface area (Å²) in [5, 5.41) is 0. The molecule has 1 spiro atoms. The van der Waals surface area contributed by atoms with E-state index in [0.29, 0.717) is 12.4 Å². The number of hydrogen-bond donors (Lipinski definition) is 0. The van der Waals surface area contributed by atoms with Crippen molar-refractivity contribution < 1.29 is 4.74 Å². The number of hydrogen-bond acceptors (Lipinski definition) is 2. The first kappa shape index (κ1) is 28.9. The van der Waals surface area contributed by atoms with Crippen molar-refractivity contribution in [3.8, 4) is 33.8 Å². The molecule has 0 bridgehead atoms. The molecule has 3 heteroatoms. The molecule has 0 saturated heterocycles. The van der Waals surface area contributed by atoms with Gasteiger partial charge in [-0.1, -0.05) is 152 Å². The highest BCUT2D eigenvalue weighted by Crippen LogP contribution is 2.62. The van der Waals surface area contributed by atoms with Gasteiger partial charge in [-0.15, -0.1) is 0 Å². The SMILES string of the molecule is C(=N\C(=N/Cc1ccccc1)c1cccc(-c2ccc3c(c2)-c2ccccc2C32c3ccccc3Oc3ccccc32)c1)/c1ccccc1. The lowest BCUT2D eigenvalue weighted by molar-refractivity contribution is 0.436. The molecule has 1 heterocycles. The third-order valence-corrected chi connectivity index (χ3v) is 9.69. The third-order valence-electron chi connectivity index (χ3n) is 9.69. The van der Waals surface area contributed by atoms with Crippen LogP contribution in [0.15, 0.2) is 186 Å². The molecule has 232 valence electrons. The number of fused-ring (bicyclic) bond motifs is 9. The standard InChI is InChI=1S/C46H32N2O/c1-3-14-32(15-4-1)30-47-45(48-31-33-16-5-2-6-17-33)36-19-13-18-34(28-36)35-26-27-40-38(29-35)37-20-7-8-21-39(37)46(40)41-22-9-11-24-43(41)49-44-25-12-10-23-42(44)46/h1-30H,31H2/b47-30+,48-45-. The Hall–Kier alpha value is -6.32. The zero-order valence-electron chi connectivity index (χ0n) is 26.8. The van der Waals surface area contributed by atoms with Crippen LogP contribution in [0, 0.1) is 0 Å². The van der Waals surface area contributed by atoms with Crippen molar-refractivity contribution in [1.29, 1.82) is 0 Å². The van der Waals surface area contributed by atoms with E-state index in [2.05, 4.69) is 140 Å². The molecule has 9 rings (SSSR count). The van der Waals surface area contributed by atoms with Gasteiger partial charge < -0.3 is 4.74 Å². The van der Waals surface area contributed by atoms with Crippen LogP contribution in [0.1, 0.15) is 38.9 Å². The monoisotopic (exact) mass is 628 g/mol. The van der Waals surface area contributed by atoms with Crippen LogP contribution in [0.2, 0.25) is 0 Å². The van der Waals surface area contributed by atoms with Crippen LogP contribution in [-0.2, 0) is 12.0 Å². The summed E-state index contributed by atoms with van der Waals surface area (Å²) in [5.74, 6) is 2.51. The Morgan fingerprint density at radius 3 is 1.88 bits per heavy atom. The Kier molecular flexibility index (Phi) is 7.09. The van der Waals surface area contributed by atoms with E-state index in [1.165, 1.54) is 33.4 Å². The minimum absolute atomic E-state index is 0.471. The lowest BCUT2D eigenvalue weighted by Gasteiger charge is -2.39. The maximum Gasteiger partial charge on any atom is 0.154 e. The Morgan fingerprint density at radius 2 is 1.12 bits per heavy atom. The van der Waals surface area contributed by atoms with Crippen molar-refractivity contribution in [3.05, 3.63) is 215 Å². The largest absolute Gasteiger partial charge is 0.457 e. The fourth-order valence-electron chi connectivity index (χ4n) is 7.51. The molecule has 0 unspecified atom stereocenters. The Morgan fingerprint density at radius 1 is 0.510 bits per heavy atom. The number of nitrogens with zero attached hydrogens (tertiary/aromatic N) is 2. The van der Waals surface area contributed by atoms with Crippen molar-refractivity contribution in [2.45, 2.75) is 12.0 Å². The maximum absolute atomic E-state index is 6.50. The van der Waals surface area contributed by atoms with Gasteiger partial charge in [0.1, 0.15) is 11.5 Å². The second-order valence-corrected chi connectivity index (χ2v) is 12.5. The maximum atomic E-state index is 6.50. The number of amidine groups is 1. The van der Waals surface area contributed by atoms with Crippen molar-refractivity contribution in [2.75, 3.05) is 0 Å². The highest BCUT2D eigenvalue weighted by atomic mass is 16.5. The first-order chi connectivity index (χ1) is 24.3. The van der Waals surface area contributed by atoms with Crippen LogP contribution in [0.25, 0.3) is 22.3 Å². The Balaban J connectivity index is 1.17. The van der Waals surface area contributed by atoms with E-state index < -0.39 is 5.41 Å². The van der Waals surface area contributed by atoms with E-state index in [1.807, 2.05) is 42.6 Å². The zero-order valence-corrected chi connectivity index (χ0v) is 26.8. The molecule has 0 amide bonds. The molecule has 1 aliphatic heterocycles. The lowest BCUT2D eigenvalue weighted by Crippen LogP contribution is -2.32. The van der Waals surface area contributed by atoms with Crippen LogP contribution >= 0.6 is 0 Å². The van der Waals surface area contributed by atoms with Gasteiger partial charge in [0.15, 0.2) is 5.84 Å². The van der Waals surface area contributed by atoms with Gasteiger partial charge in [0.2, 0.25) is 0 Å². The quantitative estimate of drug-likeness (QED) is 0.138. The summed E-state index contributed by atoms with van der Waals surface area (Å²) in [4.78, 5) is 9.92. The molecule has 7 aromatic rings. The molecule has 3 nitrogen and oxygen atoms in total. The second-order valence-electron chi connectivity index (χ2n) is 12.5. The molecule has 1 aliphatic carbocycles.